The molecular formula is C29H32N2O3. The van der Waals surface area contributed by atoms with Gasteiger partial charge >= 0.3 is 5.97 Å². The fourth-order valence-electron chi connectivity index (χ4n) is 5.19. The molecule has 0 radical (unpaired) electrons. The number of hydrogen-bond donors (Lipinski definition) is 2. The van der Waals surface area contributed by atoms with E-state index in [0.29, 0.717) is 18.1 Å². The average molecular weight is 457 g/mol. The molecule has 34 heavy (non-hydrogen) atoms. The third kappa shape index (κ3) is 5.36. The highest BCUT2D eigenvalue weighted by molar-refractivity contribution is 6.01. The summed E-state index contributed by atoms with van der Waals surface area (Å²) < 4.78 is 0. The molecule has 1 atom stereocenters. The first kappa shape index (κ1) is 23.7. The van der Waals surface area contributed by atoms with Crippen molar-refractivity contribution in [1.29, 1.82) is 0 Å². The maximum Gasteiger partial charge on any atom is 0.306 e. The summed E-state index contributed by atoms with van der Waals surface area (Å²) in [5, 5.41) is 22.8. The second-order valence-corrected chi connectivity index (χ2v) is 9.40. The minimum absolute atomic E-state index is 0.0392. The largest absolute Gasteiger partial charge is 0.481 e. The van der Waals surface area contributed by atoms with Gasteiger partial charge in [0.15, 0.2) is 0 Å². The van der Waals surface area contributed by atoms with Crippen LogP contribution in [0.2, 0.25) is 0 Å². The zero-order chi connectivity index (χ0) is 24.1. The predicted octanol–water partition coefficient (Wildman–Crippen LogP) is 6.46. The zero-order valence-electron chi connectivity index (χ0n) is 19.8. The molecule has 0 unspecified atom stereocenters. The summed E-state index contributed by atoms with van der Waals surface area (Å²) in [4.78, 5) is 15.5. The van der Waals surface area contributed by atoms with E-state index in [1.165, 1.54) is 22.3 Å². The summed E-state index contributed by atoms with van der Waals surface area (Å²) in [6.45, 7) is 4.05. The van der Waals surface area contributed by atoms with Crippen molar-refractivity contribution in [2.45, 2.75) is 57.8 Å². The van der Waals surface area contributed by atoms with E-state index in [2.05, 4.69) is 59.5 Å². The Labute approximate surface area is 201 Å². The zero-order valence-corrected chi connectivity index (χ0v) is 19.8. The molecule has 3 aromatic rings. The van der Waals surface area contributed by atoms with Crippen molar-refractivity contribution in [2.24, 2.45) is 11.1 Å². The van der Waals surface area contributed by atoms with Crippen LogP contribution in [-0.4, -0.2) is 27.0 Å². The number of oxime groups is 1. The number of aliphatic carboxylic acids is 1. The minimum atomic E-state index is -0.666. The van der Waals surface area contributed by atoms with Gasteiger partial charge in [0.05, 0.1) is 11.6 Å². The molecule has 2 N–H and O–H groups in total. The Bertz CT molecular complexity index is 1160. The van der Waals surface area contributed by atoms with Gasteiger partial charge in [-0.25, -0.2) is 0 Å². The van der Waals surface area contributed by atoms with Gasteiger partial charge in [0.25, 0.3) is 0 Å². The molecule has 0 saturated heterocycles. The summed E-state index contributed by atoms with van der Waals surface area (Å²) >= 11 is 0. The third-order valence-corrected chi connectivity index (χ3v) is 7.20. The van der Waals surface area contributed by atoms with Gasteiger partial charge < -0.3 is 10.3 Å². The van der Waals surface area contributed by atoms with Gasteiger partial charge in [-0.3, -0.25) is 9.78 Å². The molecule has 1 fully saturated rings. The lowest BCUT2D eigenvalue weighted by Gasteiger charge is -2.27. The number of carbonyl (C=O) groups is 1. The summed E-state index contributed by atoms with van der Waals surface area (Å²) in [6.07, 6.45) is 5.63. The van der Waals surface area contributed by atoms with Gasteiger partial charge in [0, 0.05) is 29.8 Å². The lowest BCUT2D eigenvalue weighted by atomic mass is 9.78. The van der Waals surface area contributed by atoms with Crippen LogP contribution in [0.5, 0.6) is 0 Å². The van der Waals surface area contributed by atoms with E-state index in [4.69, 9.17) is 0 Å². The van der Waals surface area contributed by atoms with E-state index in [9.17, 15) is 15.1 Å². The summed E-state index contributed by atoms with van der Waals surface area (Å²) in [6, 6.07) is 20.9. The molecule has 1 saturated carbocycles. The first-order valence-electron chi connectivity index (χ1n) is 12.0. The molecule has 1 aliphatic carbocycles. The van der Waals surface area contributed by atoms with Crippen molar-refractivity contribution in [3.63, 3.8) is 0 Å². The van der Waals surface area contributed by atoms with Crippen molar-refractivity contribution >= 4 is 11.7 Å². The Kier molecular flexibility index (Phi) is 7.41. The number of pyridine rings is 1. The first-order chi connectivity index (χ1) is 16.5. The molecule has 0 spiro atoms. The highest BCUT2D eigenvalue weighted by atomic mass is 16.4. The van der Waals surface area contributed by atoms with E-state index in [0.717, 1.165) is 36.9 Å². The highest BCUT2D eigenvalue weighted by Crippen LogP contribution is 2.37. The lowest BCUT2D eigenvalue weighted by molar-refractivity contribution is -0.142. The average Bonchev–Trinajstić information content (AvgIpc) is 2.86. The molecule has 5 nitrogen and oxygen atoms in total. The molecule has 1 aliphatic rings. The molecule has 0 bridgehead atoms. The van der Waals surface area contributed by atoms with Crippen LogP contribution in [0.15, 0.2) is 72.0 Å². The van der Waals surface area contributed by atoms with Crippen LogP contribution in [0.1, 0.15) is 77.5 Å². The number of carboxylic acid groups (broad SMARTS) is 1. The van der Waals surface area contributed by atoms with Crippen LogP contribution < -0.4 is 0 Å². The Morgan fingerprint density at radius 3 is 2.35 bits per heavy atom. The molecule has 0 aliphatic heterocycles. The first-order valence-corrected chi connectivity index (χ1v) is 12.0. The van der Waals surface area contributed by atoms with Gasteiger partial charge in [-0.05, 0) is 79.8 Å². The highest BCUT2D eigenvalue weighted by Gasteiger charge is 2.27. The third-order valence-electron chi connectivity index (χ3n) is 7.20. The quantitative estimate of drug-likeness (QED) is 0.243. The number of aromatic nitrogens is 1. The van der Waals surface area contributed by atoms with Gasteiger partial charge in [0.2, 0.25) is 0 Å². The predicted molar refractivity (Wildman–Crippen MR) is 134 cm³/mol. The van der Waals surface area contributed by atoms with Crippen molar-refractivity contribution < 1.29 is 15.1 Å². The molecule has 176 valence electrons. The van der Waals surface area contributed by atoms with E-state index in [1.807, 2.05) is 25.1 Å². The van der Waals surface area contributed by atoms with Crippen molar-refractivity contribution in [1.82, 2.24) is 4.98 Å². The fourth-order valence-corrected chi connectivity index (χ4v) is 5.19. The van der Waals surface area contributed by atoms with Gasteiger partial charge in [0.1, 0.15) is 0 Å². The number of hydrogen-bond acceptors (Lipinski definition) is 4. The number of nitrogens with zero attached hydrogens (tertiary/aromatic N) is 2. The van der Waals surface area contributed by atoms with Crippen LogP contribution >= 0.6 is 0 Å². The van der Waals surface area contributed by atoms with Gasteiger partial charge in [-0.15, -0.1) is 0 Å². The van der Waals surface area contributed by atoms with E-state index in [-0.39, 0.29) is 11.8 Å². The van der Waals surface area contributed by atoms with Crippen LogP contribution in [0.4, 0.5) is 0 Å². The number of aryl methyl sites for hydroxylation is 2. The van der Waals surface area contributed by atoms with Crippen LogP contribution in [0.3, 0.4) is 0 Å². The topological polar surface area (TPSA) is 82.8 Å². The normalized spacial score (nSPS) is 19.5. The standard InChI is InChI=1S/C29H32N2O3/c1-19-5-3-4-6-26(19)27(18-28(31-34)25-15-16-30-20(2)17-25)23-11-7-21(8-12-23)22-9-13-24(14-10-22)29(32)33/h3-8,11-12,15-17,22,24,27,34H,9-10,13-14,18H2,1-2H3,(H,32,33)/t22-,24-,27-/m1/s1. The Hall–Kier alpha value is -3.47. The molecule has 1 aromatic heterocycles. The number of benzene rings is 2. The Morgan fingerprint density at radius 1 is 1.03 bits per heavy atom. The van der Waals surface area contributed by atoms with E-state index >= 15 is 0 Å². The maximum absolute atomic E-state index is 11.3. The van der Waals surface area contributed by atoms with Crippen molar-refractivity contribution in [2.75, 3.05) is 0 Å². The van der Waals surface area contributed by atoms with Crippen LogP contribution in [-0.2, 0) is 4.79 Å². The molecule has 2 aromatic carbocycles. The molecule has 0 amide bonds. The van der Waals surface area contributed by atoms with E-state index < -0.39 is 5.97 Å². The SMILES string of the molecule is Cc1cc(C(C[C@H](c2ccc([C@H]3CC[C@H](C(=O)O)CC3)cc2)c2ccccc2C)=NO)ccn1. The van der Waals surface area contributed by atoms with Crippen molar-refractivity contribution in [3.05, 3.63) is 100 Å². The fraction of sp³-hybridized carbons (Fsp3) is 0.345. The summed E-state index contributed by atoms with van der Waals surface area (Å²) in [7, 11) is 0. The summed E-state index contributed by atoms with van der Waals surface area (Å²) in [5.41, 5.74) is 7.25. The lowest BCUT2D eigenvalue weighted by Crippen LogP contribution is -2.20. The molecular weight excluding hydrogens is 424 g/mol. The van der Waals surface area contributed by atoms with Gasteiger partial charge in [-0.1, -0.05) is 53.7 Å². The Morgan fingerprint density at radius 2 is 1.74 bits per heavy atom. The second-order valence-electron chi connectivity index (χ2n) is 9.40. The molecule has 5 heteroatoms. The van der Waals surface area contributed by atoms with Crippen LogP contribution in [0, 0.1) is 19.8 Å². The van der Waals surface area contributed by atoms with Crippen LogP contribution in [0.25, 0.3) is 0 Å². The molecule has 1 heterocycles. The summed E-state index contributed by atoms with van der Waals surface area (Å²) in [5.74, 6) is -0.414. The minimum Gasteiger partial charge on any atom is -0.481 e. The van der Waals surface area contributed by atoms with E-state index in [1.54, 1.807) is 6.20 Å². The monoisotopic (exact) mass is 456 g/mol. The maximum atomic E-state index is 11.3. The van der Waals surface area contributed by atoms with Gasteiger partial charge in [-0.2, -0.15) is 0 Å². The Balaban J connectivity index is 1.61. The second kappa shape index (κ2) is 10.6. The number of carboxylic acids is 1. The smallest absolute Gasteiger partial charge is 0.306 e. The van der Waals surface area contributed by atoms with Crippen molar-refractivity contribution in [3.8, 4) is 0 Å². The molecule has 4 rings (SSSR count). The number of rotatable bonds is 7.